The van der Waals surface area contributed by atoms with Crippen molar-refractivity contribution in [3.8, 4) is 0 Å². The van der Waals surface area contributed by atoms with E-state index in [9.17, 15) is 13.6 Å². The monoisotopic (exact) mass is 259 g/mol. The first-order valence-corrected chi connectivity index (χ1v) is 5.93. The summed E-state index contributed by atoms with van der Waals surface area (Å²) in [4.78, 5) is 12.2. The van der Waals surface area contributed by atoms with Crippen LogP contribution >= 0.6 is 11.8 Å². The van der Waals surface area contributed by atoms with E-state index in [1.54, 1.807) is 6.92 Å². The lowest BCUT2D eigenvalue weighted by Gasteiger charge is -2.23. The van der Waals surface area contributed by atoms with Crippen molar-refractivity contribution in [1.29, 1.82) is 0 Å². The highest BCUT2D eigenvalue weighted by Crippen LogP contribution is 2.38. The highest BCUT2D eigenvalue weighted by atomic mass is 32.2. The molecular formula is C11H11F2NO2S. The summed E-state index contributed by atoms with van der Waals surface area (Å²) in [6.07, 6.45) is 0. The van der Waals surface area contributed by atoms with Gasteiger partial charge in [-0.25, -0.2) is 0 Å². The summed E-state index contributed by atoms with van der Waals surface area (Å²) in [5.41, 5.74) is 0.0814. The third-order valence-corrected chi connectivity index (χ3v) is 3.71. The van der Waals surface area contributed by atoms with Crippen molar-refractivity contribution in [3.63, 3.8) is 0 Å². The molecule has 2 N–H and O–H groups in total. The zero-order valence-corrected chi connectivity index (χ0v) is 9.85. The fourth-order valence-electron chi connectivity index (χ4n) is 1.53. The standard InChI is InChI=1S/C11H11F2NO2S/c1-6-10(16)14-8-4-7(11(12,13)5-15)2-3-9(8)17-6/h2-4,6,15H,5H2,1H3,(H,14,16). The molecule has 3 nitrogen and oxygen atoms in total. The van der Waals surface area contributed by atoms with Gasteiger partial charge in [-0.05, 0) is 19.1 Å². The Balaban J connectivity index is 2.38. The Hall–Kier alpha value is -1.14. The summed E-state index contributed by atoms with van der Waals surface area (Å²) in [6.45, 7) is 0.502. The summed E-state index contributed by atoms with van der Waals surface area (Å²) in [5, 5.41) is 10.9. The van der Waals surface area contributed by atoms with Gasteiger partial charge in [-0.2, -0.15) is 8.78 Å². The van der Waals surface area contributed by atoms with Gasteiger partial charge in [0.15, 0.2) is 0 Å². The number of aliphatic hydroxyl groups is 1. The number of carbonyl (C=O) groups is 1. The Bertz CT molecular complexity index is 465. The molecule has 1 aromatic carbocycles. The van der Waals surface area contributed by atoms with Gasteiger partial charge in [0.2, 0.25) is 5.91 Å². The molecule has 0 saturated carbocycles. The van der Waals surface area contributed by atoms with E-state index in [1.807, 2.05) is 0 Å². The summed E-state index contributed by atoms with van der Waals surface area (Å²) in [5.74, 6) is -3.49. The van der Waals surface area contributed by atoms with Crippen LogP contribution in [0.1, 0.15) is 12.5 Å². The number of hydrogen-bond acceptors (Lipinski definition) is 3. The number of nitrogens with one attached hydrogen (secondary N) is 1. The fraction of sp³-hybridized carbons (Fsp3) is 0.364. The average Bonchev–Trinajstić information content (AvgIpc) is 2.30. The van der Waals surface area contributed by atoms with E-state index < -0.39 is 12.5 Å². The second-order valence-corrected chi connectivity index (χ2v) is 5.21. The van der Waals surface area contributed by atoms with Crippen LogP contribution in [0.25, 0.3) is 0 Å². The molecule has 0 spiro atoms. The van der Waals surface area contributed by atoms with Crippen LogP contribution in [0.4, 0.5) is 14.5 Å². The number of thioether (sulfide) groups is 1. The van der Waals surface area contributed by atoms with Gasteiger partial charge < -0.3 is 10.4 Å². The number of amides is 1. The third-order valence-electron chi connectivity index (χ3n) is 2.53. The highest BCUT2D eigenvalue weighted by Gasteiger charge is 2.32. The maximum atomic E-state index is 13.3. The van der Waals surface area contributed by atoms with Crippen molar-refractivity contribution < 1.29 is 18.7 Å². The number of hydrogen-bond donors (Lipinski definition) is 2. The lowest BCUT2D eigenvalue weighted by atomic mass is 10.1. The van der Waals surface area contributed by atoms with Gasteiger partial charge >= 0.3 is 0 Å². The van der Waals surface area contributed by atoms with Crippen LogP contribution in [0.2, 0.25) is 0 Å². The van der Waals surface area contributed by atoms with E-state index in [-0.39, 0.29) is 16.7 Å². The zero-order valence-electron chi connectivity index (χ0n) is 9.04. The average molecular weight is 259 g/mol. The summed E-state index contributed by atoms with van der Waals surface area (Å²) < 4.78 is 26.5. The summed E-state index contributed by atoms with van der Waals surface area (Å²) >= 11 is 1.33. The molecule has 1 aromatic rings. The number of anilines is 1. The van der Waals surface area contributed by atoms with Crippen molar-refractivity contribution in [2.24, 2.45) is 0 Å². The van der Waals surface area contributed by atoms with Crippen molar-refractivity contribution in [2.45, 2.75) is 23.0 Å². The smallest absolute Gasteiger partial charge is 0.295 e. The zero-order chi connectivity index (χ0) is 12.6. The Morgan fingerprint density at radius 1 is 1.53 bits per heavy atom. The minimum absolute atomic E-state index is 0.202. The minimum Gasteiger partial charge on any atom is -0.390 e. The van der Waals surface area contributed by atoms with Gasteiger partial charge in [0.05, 0.1) is 10.9 Å². The molecule has 0 fully saturated rings. The Morgan fingerprint density at radius 2 is 2.24 bits per heavy atom. The number of rotatable bonds is 2. The predicted octanol–water partition coefficient (Wildman–Crippen LogP) is 2.20. The first kappa shape index (κ1) is 12.3. The molecule has 0 bridgehead atoms. The molecule has 2 rings (SSSR count). The molecule has 17 heavy (non-hydrogen) atoms. The number of alkyl halides is 2. The molecule has 6 heteroatoms. The van der Waals surface area contributed by atoms with Crippen molar-refractivity contribution in [3.05, 3.63) is 23.8 Å². The first-order valence-electron chi connectivity index (χ1n) is 5.05. The molecule has 0 saturated heterocycles. The van der Waals surface area contributed by atoms with E-state index in [0.717, 1.165) is 4.90 Å². The minimum atomic E-state index is -3.28. The molecule has 0 radical (unpaired) electrons. The number of benzene rings is 1. The Morgan fingerprint density at radius 3 is 2.88 bits per heavy atom. The van der Waals surface area contributed by atoms with E-state index in [2.05, 4.69) is 5.32 Å². The van der Waals surface area contributed by atoms with E-state index >= 15 is 0 Å². The van der Waals surface area contributed by atoms with Crippen molar-refractivity contribution >= 4 is 23.4 Å². The SMILES string of the molecule is CC1Sc2ccc(C(F)(F)CO)cc2NC1=O. The molecule has 0 aliphatic carbocycles. The molecule has 92 valence electrons. The van der Waals surface area contributed by atoms with Crippen LogP contribution in [-0.4, -0.2) is 22.9 Å². The molecule has 0 aromatic heterocycles. The predicted molar refractivity (Wildman–Crippen MR) is 61.4 cm³/mol. The van der Waals surface area contributed by atoms with Crippen LogP contribution in [0.15, 0.2) is 23.1 Å². The Labute approximate surface area is 101 Å². The Kier molecular flexibility index (Phi) is 3.09. The summed E-state index contributed by atoms with van der Waals surface area (Å²) in [6, 6.07) is 4.02. The van der Waals surface area contributed by atoms with Crippen LogP contribution < -0.4 is 5.32 Å². The van der Waals surface area contributed by atoms with Gasteiger partial charge in [-0.3, -0.25) is 4.79 Å². The van der Waals surface area contributed by atoms with Gasteiger partial charge in [0.1, 0.15) is 6.61 Å². The normalized spacial score (nSPS) is 19.8. The number of fused-ring (bicyclic) bond motifs is 1. The van der Waals surface area contributed by atoms with Gasteiger partial charge in [0, 0.05) is 10.5 Å². The van der Waals surface area contributed by atoms with E-state index in [1.165, 1.54) is 30.0 Å². The van der Waals surface area contributed by atoms with Crippen LogP contribution in [-0.2, 0) is 10.7 Å². The molecular weight excluding hydrogens is 248 g/mol. The molecule has 1 aliphatic heterocycles. The molecule has 1 unspecified atom stereocenters. The van der Waals surface area contributed by atoms with E-state index in [4.69, 9.17) is 5.11 Å². The lowest BCUT2D eigenvalue weighted by molar-refractivity contribution is -0.115. The largest absolute Gasteiger partial charge is 0.390 e. The van der Waals surface area contributed by atoms with E-state index in [0.29, 0.717) is 5.69 Å². The topological polar surface area (TPSA) is 49.3 Å². The quantitative estimate of drug-likeness (QED) is 0.856. The summed E-state index contributed by atoms with van der Waals surface area (Å²) in [7, 11) is 0. The van der Waals surface area contributed by atoms with Gasteiger partial charge in [0.25, 0.3) is 5.92 Å². The number of aliphatic hydroxyl groups excluding tert-OH is 1. The maximum Gasteiger partial charge on any atom is 0.295 e. The maximum absolute atomic E-state index is 13.3. The lowest BCUT2D eigenvalue weighted by Crippen LogP contribution is -2.27. The first-order chi connectivity index (χ1) is 7.94. The van der Waals surface area contributed by atoms with Crippen molar-refractivity contribution in [1.82, 2.24) is 0 Å². The van der Waals surface area contributed by atoms with Crippen LogP contribution in [0, 0.1) is 0 Å². The van der Waals surface area contributed by atoms with Gasteiger partial charge in [-0.15, -0.1) is 11.8 Å². The third kappa shape index (κ3) is 2.28. The van der Waals surface area contributed by atoms with Crippen molar-refractivity contribution in [2.75, 3.05) is 11.9 Å². The van der Waals surface area contributed by atoms with Gasteiger partial charge in [-0.1, -0.05) is 6.07 Å². The second kappa shape index (κ2) is 4.27. The molecule has 1 amide bonds. The fourth-order valence-corrected chi connectivity index (χ4v) is 2.46. The van der Waals surface area contributed by atoms with Crippen LogP contribution in [0.5, 0.6) is 0 Å². The van der Waals surface area contributed by atoms with Crippen LogP contribution in [0.3, 0.4) is 0 Å². The number of carbonyl (C=O) groups excluding carboxylic acids is 1. The number of halogens is 2. The molecule has 1 atom stereocenters. The molecule has 1 aliphatic rings. The molecule has 1 heterocycles. The highest BCUT2D eigenvalue weighted by molar-refractivity contribution is 8.00. The second-order valence-electron chi connectivity index (χ2n) is 3.82.